The van der Waals surface area contributed by atoms with Gasteiger partial charge in [0.2, 0.25) is 0 Å². The van der Waals surface area contributed by atoms with Gasteiger partial charge in [0.1, 0.15) is 5.78 Å². The van der Waals surface area contributed by atoms with Crippen LogP contribution in [-0.2, 0) is 4.79 Å². The summed E-state index contributed by atoms with van der Waals surface area (Å²) < 4.78 is 0. The van der Waals surface area contributed by atoms with Gasteiger partial charge in [-0.1, -0.05) is 45.1 Å². The molecule has 0 unspecified atom stereocenters. The molecule has 0 aromatic rings. The van der Waals surface area contributed by atoms with Crippen LogP contribution in [0, 0.1) is 0 Å². The van der Waals surface area contributed by atoms with Gasteiger partial charge in [0.25, 0.3) is 0 Å². The molecule has 0 rings (SSSR count). The van der Waals surface area contributed by atoms with Gasteiger partial charge in [-0.05, 0) is 19.3 Å². The molecule has 0 fully saturated rings. The number of allylic oxidation sites excluding steroid dienone is 1. The maximum absolute atomic E-state index is 11.4. The van der Waals surface area contributed by atoms with E-state index in [1.165, 1.54) is 32.1 Å². The Labute approximate surface area is 95.0 Å². The summed E-state index contributed by atoms with van der Waals surface area (Å²) in [6.45, 7) is 5.88. The summed E-state index contributed by atoms with van der Waals surface area (Å²) in [4.78, 5) is 11.4. The van der Waals surface area contributed by atoms with Gasteiger partial charge in [-0.3, -0.25) is 4.79 Å². The van der Waals surface area contributed by atoms with E-state index >= 15 is 0 Å². The Morgan fingerprint density at radius 2 is 1.60 bits per heavy atom. The van der Waals surface area contributed by atoms with Crippen molar-refractivity contribution in [3.63, 3.8) is 0 Å². The molecule has 0 radical (unpaired) electrons. The van der Waals surface area contributed by atoms with Crippen molar-refractivity contribution in [2.24, 2.45) is 0 Å². The van der Waals surface area contributed by atoms with Crippen LogP contribution in [0.3, 0.4) is 0 Å². The molecular weight excluding hydrogens is 184 g/mol. The van der Waals surface area contributed by atoms with E-state index in [9.17, 15) is 4.79 Å². The Bertz CT molecular complexity index is 161. The molecule has 1 heteroatoms. The molecule has 0 atom stereocenters. The average Bonchev–Trinajstić information content (AvgIpc) is 2.23. The molecule has 1 nitrogen and oxygen atoms in total. The normalized spacial score (nSPS) is 10.2. The topological polar surface area (TPSA) is 17.1 Å². The molecular formula is C14H26O. The Morgan fingerprint density at radius 3 is 2.27 bits per heavy atom. The molecule has 15 heavy (non-hydrogen) atoms. The highest BCUT2D eigenvalue weighted by molar-refractivity contribution is 5.78. The number of hydrogen-bond acceptors (Lipinski definition) is 1. The molecule has 0 saturated carbocycles. The van der Waals surface area contributed by atoms with Gasteiger partial charge in [0.15, 0.2) is 0 Å². The van der Waals surface area contributed by atoms with Crippen molar-refractivity contribution in [1.82, 2.24) is 0 Å². The van der Waals surface area contributed by atoms with Crippen molar-refractivity contribution >= 4 is 5.78 Å². The summed E-state index contributed by atoms with van der Waals surface area (Å²) in [5, 5.41) is 0. The highest BCUT2D eigenvalue weighted by Gasteiger charge is 2.00. The summed E-state index contributed by atoms with van der Waals surface area (Å²) in [6.07, 6.45) is 13.0. The van der Waals surface area contributed by atoms with E-state index in [1.807, 2.05) is 6.08 Å². The summed E-state index contributed by atoms with van der Waals surface area (Å²) in [5.41, 5.74) is 0. The third kappa shape index (κ3) is 11.3. The van der Waals surface area contributed by atoms with Crippen molar-refractivity contribution in [3.8, 4) is 0 Å². The average molecular weight is 210 g/mol. The molecule has 0 aliphatic rings. The fraction of sp³-hybridized carbons (Fsp3) is 0.786. The predicted octanol–water partition coefficient (Wildman–Crippen LogP) is 4.66. The summed E-state index contributed by atoms with van der Waals surface area (Å²) in [6, 6.07) is 0. The minimum Gasteiger partial charge on any atom is -0.300 e. The van der Waals surface area contributed by atoms with Gasteiger partial charge in [-0.25, -0.2) is 0 Å². The minimum atomic E-state index is 0.437. The number of ketones is 1. The third-order valence-corrected chi connectivity index (χ3v) is 2.67. The second-order valence-electron chi connectivity index (χ2n) is 4.24. The molecule has 0 aliphatic carbocycles. The van der Waals surface area contributed by atoms with E-state index in [0.29, 0.717) is 5.78 Å². The van der Waals surface area contributed by atoms with Crippen LogP contribution >= 0.6 is 0 Å². The Morgan fingerprint density at radius 1 is 1.00 bits per heavy atom. The summed E-state index contributed by atoms with van der Waals surface area (Å²) >= 11 is 0. The molecule has 0 aliphatic heterocycles. The second-order valence-corrected chi connectivity index (χ2v) is 4.24. The summed E-state index contributed by atoms with van der Waals surface area (Å²) in [5.74, 6) is 0.437. The number of carbonyl (C=O) groups is 1. The van der Waals surface area contributed by atoms with Crippen molar-refractivity contribution in [3.05, 3.63) is 12.7 Å². The summed E-state index contributed by atoms with van der Waals surface area (Å²) in [7, 11) is 0. The largest absolute Gasteiger partial charge is 0.300 e. The first-order chi connectivity index (χ1) is 7.31. The van der Waals surface area contributed by atoms with E-state index in [4.69, 9.17) is 0 Å². The zero-order chi connectivity index (χ0) is 11.4. The van der Waals surface area contributed by atoms with Gasteiger partial charge < -0.3 is 0 Å². The number of unbranched alkanes of at least 4 members (excludes halogenated alkanes) is 6. The van der Waals surface area contributed by atoms with E-state index < -0.39 is 0 Å². The molecule has 0 aromatic heterocycles. The predicted molar refractivity (Wildman–Crippen MR) is 67.0 cm³/mol. The van der Waals surface area contributed by atoms with E-state index in [1.54, 1.807) is 0 Å². The van der Waals surface area contributed by atoms with Crippen LogP contribution in [-0.4, -0.2) is 5.78 Å². The first kappa shape index (κ1) is 14.4. The van der Waals surface area contributed by atoms with Crippen LogP contribution in [0.15, 0.2) is 12.7 Å². The Balaban J connectivity index is 3.13. The van der Waals surface area contributed by atoms with E-state index in [2.05, 4.69) is 13.5 Å². The molecule has 0 N–H and O–H groups in total. The maximum atomic E-state index is 11.4. The molecule has 0 amide bonds. The Hall–Kier alpha value is -0.590. The van der Waals surface area contributed by atoms with Gasteiger partial charge in [-0.2, -0.15) is 0 Å². The number of hydrogen-bond donors (Lipinski definition) is 0. The van der Waals surface area contributed by atoms with Crippen LogP contribution in [0.2, 0.25) is 0 Å². The number of carbonyl (C=O) groups excluding carboxylic acids is 1. The lowest BCUT2D eigenvalue weighted by Crippen LogP contribution is -1.97. The molecule has 0 bridgehead atoms. The van der Waals surface area contributed by atoms with Crippen LogP contribution in [0.1, 0.15) is 71.1 Å². The third-order valence-electron chi connectivity index (χ3n) is 2.67. The van der Waals surface area contributed by atoms with Crippen LogP contribution in [0.5, 0.6) is 0 Å². The molecule has 0 heterocycles. The van der Waals surface area contributed by atoms with Crippen molar-refractivity contribution in [1.29, 1.82) is 0 Å². The van der Waals surface area contributed by atoms with Gasteiger partial charge >= 0.3 is 0 Å². The first-order valence-corrected chi connectivity index (χ1v) is 6.43. The number of Topliss-reactive ketones (excluding diaryl/α,β-unsaturated/α-hetero) is 1. The first-order valence-electron chi connectivity index (χ1n) is 6.43. The van der Waals surface area contributed by atoms with Crippen molar-refractivity contribution in [2.75, 3.05) is 0 Å². The second kappa shape index (κ2) is 11.5. The van der Waals surface area contributed by atoms with Gasteiger partial charge in [0, 0.05) is 12.8 Å². The lowest BCUT2D eigenvalue weighted by Gasteiger charge is -2.00. The monoisotopic (exact) mass is 210 g/mol. The fourth-order valence-corrected chi connectivity index (χ4v) is 1.67. The SMILES string of the molecule is C=CCCCC(=O)CCCCCCCC. The molecule has 0 spiro atoms. The van der Waals surface area contributed by atoms with Crippen LogP contribution < -0.4 is 0 Å². The van der Waals surface area contributed by atoms with Gasteiger partial charge in [-0.15, -0.1) is 6.58 Å². The zero-order valence-corrected chi connectivity index (χ0v) is 10.3. The standard InChI is InChI=1S/C14H26O/c1-3-5-7-8-9-11-13-14(15)12-10-6-4-2/h4H,2-3,5-13H2,1H3. The van der Waals surface area contributed by atoms with Gasteiger partial charge in [0.05, 0.1) is 0 Å². The van der Waals surface area contributed by atoms with Crippen molar-refractivity contribution in [2.45, 2.75) is 71.1 Å². The number of rotatable bonds is 11. The zero-order valence-electron chi connectivity index (χ0n) is 10.3. The highest BCUT2D eigenvalue weighted by atomic mass is 16.1. The lowest BCUT2D eigenvalue weighted by molar-refractivity contribution is -0.119. The van der Waals surface area contributed by atoms with E-state index in [-0.39, 0.29) is 0 Å². The Kier molecular flexibility index (Phi) is 11.0. The van der Waals surface area contributed by atoms with E-state index in [0.717, 1.165) is 32.1 Å². The molecule has 88 valence electrons. The fourth-order valence-electron chi connectivity index (χ4n) is 1.67. The van der Waals surface area contributed by atoms with Crippen LogP contribution in [0.25, 0.3) is 0 Å². The maximum Gasteiger partial charge on any atom is 0.132 e. The van der Waals surface area contributed by atoms with Crippen molar-refractivity contribution < 1.29 is 4.79 Å². The molecule has 0 saturated heterocycles. The molecule has 0 aromatic carbocycles. The van der Waals surface area contributed by atoms with Crippen LogP contribution in [0.4, 0.5) is 0 Å². The minimum absolute atomic E-state index is 0.437. The lowest BCUT2D eigenvalue weighted by atomic mass is 10.0. The highest BCUT2D eigenvalue weighted by Crippen LogP contribution is 2.09. The smallest absolute Gasteiger partial charge is 0.132 e. The quantitative estimate of drug-likeness (QED) is 0.358.